The summed E-state index contributed by atoms with van der Waals surface area (Å²) in [4.78, 5) is 0. The molecule has 2 heteroatoms. The van der Waals surface area contributed by atoms with Gasteiger partial charge in [-0.05, 0) is 62.8 Å². The van der Waals surface area contributed by atoms with Crippen molar-refractivity contribution in [2.45, 2.75) is 45.1 Å². The zero-order chi connectivity index (χ0) is 13.2. The lowest BCUT2D eigenvalue weighted by Crippen LogP contribution is -2.28. The number of hydrogen-bond donors (Lipinski definition) is 2. The molecule has 1 aliphatic carbocycles. The van der Waals surface area contributed by atoms with Crippen molar-refractivity contribution in [2.75, 3.05) is 12.4 Å². The average molecular weight is 244 g/mol. The Bertz CT molecular complexity index is 453. The number of nitrogens with one attached hydrogen (secondary N) is 1. The van der Waals surface area contributed by atoms with Gasteiger partial charge in [0.15, 0.2) is 0 Å². The van der Waals surface area contributed by atoms with Crippen molar-refractivity contribution >= 4 is 11.3 Å². The van der Waals surface area contributed by atoms with Gasteiger partial charge in [0.25, 0.3) is 0 Å². The van der Waals surface area contributed by atoms with Crippen LogP contribution in [0.25, 0.3) is 5.57 Å². The molecule has 3 N–H and O–H groups in total. The maximum Gasteiger partial charge on any atom is 0.0414 e. The van der Waals surface area contributed by atoms with E-state index in [4.69, 9.17) is 5.73 Å². The summed E-state index contributed by atoms with van der Waals surface area (Å²) in [5, 5.41) is 3.29. The highest BCUT2D eigenvalue weighted by atomic mass is 14.8. The van der Waals surface area contributed by atoms with Crippen LogP contribution in [-0.4, -0.2) is 7.05 Å². The van der Waals surface area contributed by atoms with Crippen LogP contribution in [0.5, 0.6) is 0 Å². The molecule has 98 valence electrons. The first-order chi connectivity index (χ1) is 8.52. The summed E-state index contributed by atoms with van der Waals surface area (Å²) in [6.07, 6.45) is 7.39. The van der Waals surface area contributed by atoms with Gasteiger partial charge < -0.3 is 11.1 Å². The number of benzene rings is 1. The Morgan fingerprint density at radius 3 is 2.56 bits per heavy atom. The van der Waals surface area contributed by atoms with E-state index in [0.29, 0.717) is 0 Å². The summed E-state index contributed by atoms with van der Waals surface area (Å²) in [7, 11) is 1.98. The first-order valence-corrected chi connectivity index (χ1v) is 6.83. The Morgan fingerprint density at radius 1 is 1.22 bits per heavy atom. The van der Waals surface area contributed by atoms with Crippen LogP contribution < -0.4 is 11.1 Å². The largest absolute Gasteiger partial charge is 0.388 e. The van der Waals surface area contributed by atoms with Crippen molar-refractivity contribution < 1.29 is 0 Å². The molecule has 0 radical (unpaired) electrons. The SMILES string of the molecule is CNc1ccc(C(C)(C)N)cc1C1=CCCCC1. The quantitative estimate of drug-likeness (QED) is 0.846. The van der Waals surface area contributed by atoms with Crippen molar-refractivity contribution in [3.05, 3.63) is 35.4 Å². The highest BCUT2D eigenvalue weighted by molar-refractivity contribution is 5.77. The third kappa shape index (κ3) is 2.75. The van der Waals surface area contributed by atoms with E-state index in [9.17, 15) is 0 Å². The van der Waals surface area contributed by atoms with Crippen molar-refractivity contribution in [2.24, 2.45) is 5.73 Å². The van der Waals surface area contributed by atoms with E-state index in [0.717, 1.165) is 0 Å². The van der Waals surface area contributed by atoms with Crippen LogP contribution in [0.1, 0.15) is 50.7 Å². The fourth-order valence-electron chi connectivity index (χ4n) is 2.51. The minimum absolute atomic E-state index is 0.281. The van der Waals surface area contributed by atoms with Crippen molar-refractivity contribution in [3.63, 3.8) is 0 Å². The molecule has 2 rings (SSSR count). The van der Waals surface area contributed by atoms with Crippen molar-refractivity contribution in [1.29, 1.82) is 0 Å². The van der Waals surface area contributed by atoms with Gasteiger partial charge >= 0.3 is 0 Å². The van der Waals surface area contributed by atoms with E-state index in [1.807, 2.05) is 7.05 Å². The molecule has 0 spiro atoms. The lowest BCUT2D eigenvalue weighted by atomic mass is 9.88. The highest BCUT2D eigenvalue weighted by Gasteiger charge is 2.17. The Kier molecular flexibility index (Phi) is 3.76. The van der Waals surface area contributed by atoms with E-state index in [1.165, 1.54) is 48.1 Å². The Balaban J connectivity index is 2.45. The van der Waals surface area contributed by atoms with Crippen LogP contribution in [0.15, 0.2) is 24.3 Å². The standard InChI is InChI=1S/C16H24N2/c1-16(2,17)13-9-10-15(18-3)14(11-13)12-7-5-4-6-8-12/h7,9-11,18H,4-6,8,17H2,1-3H3. The van der Waals surface area contributed by atoms with E-state index < -0.39 is 0 Å². The maximum absolute atomic E-state index is 6.21. The van der Waals surface area contributed by atoms with Gasteiger partial charge in [0.05, 0.1) is 0 Å². The van der Waals surface area contributed by atoms with Gasteiger partial charge in [-0.25, -0.2) is 0 Å². The molecule has 0 amide bonds. The summed E-state index contributed by atoms with van der Waals surface area (Å²) < 4.78 is 0. The molecule has 0 aliphatic heterocycles. The van der Waals surface area contributed by atoms with Crippen LogP contribution >= 0.6 is 0 Å². The smallest absolute Gasteiger partial charge is 0.0414 e. The summed E-state index contributed by atoms with van der Waals surface area (Å²) >= 11 is 0. The highest BCUT2D eigenvalue weighted by Crippen LogP contribution is 2.33. The number of anilines is 1. The summed E-state index contributed by atoms with van der Waals surface area (Å²) in [6.45, 7) is 4.11. The van der Waals surface area contributed by atoms with Crippen molar-refractivity contribution in [1.82, 2.24) is 0 Å². The molecule has 1 aromatic carbocycles. The lowest BCUT2D eigenvalue weighted by Gasteiger charge is -2.23. The van der Waals surface area contributed by atoms with Gasteiger partial charge in [0.2, 0.25) is 0 Å². The van der Waals surface area contributed by atoms with Gasteiger partial charge in [-0.2, -0.15) is 0 Å². The first kappa shape index (κ1) is 13.2. The van der Waals surface area contributed by atoms with Crippen LogP contribution in [0.3, 0.4) is 0 Å². The van der Waals surface area contributed by atoms with E-state index in [-0.39, 0.29) is 5.54 Å². The molecule has 0 unspecified atom stereocenters. The third-order valence-electron chi connectivity index (χ3n) is 3.67. The molecule has 0 atom stereocenters. The number of allylic oxidation sites excluding steroid dienone is 2. The molecule has 0 fully saturated rings. The molecule has 0 heterocycles. The predicted octanol–water partition coefficient (Wildman–Crippen LogP) is 3.88. The fraction of sp³-hybridized carbons (Fsp3) is 0.500. The minimum atomic E-state index is -0.281. The molecule has 0 bridgehead atoms. The van der Waals surface area contributed by atoms with Gasteiger partial charge in [-0.1, -0.05) is 12.1 Å². The monoisotopic (exact) mass is 244 g/mol. The Hall–Kier alpha value is -1.28. The Labute approximate surface area is 110 Å². The molecule has 0 saturated heterocycles. The normalized spacial score (nSPS) is 16.3. The molecule has 0 saturated carbocycles. The predicted molar refractivity (Wildman–Crippen MR) is 79.6 cm³/mol. The van der Waals surface area contributed by atoms with Crippen LogP contribution in [0.4, 0.5) is 5.69 Å². The van der Waals surface area contributed by atoms with Gasteiger partial charge in [0, 0.05) is 23.8 Å². The van der Waals surface area contributed by atoms with Gasteiger partial charge in [-0.3, -0.25) is 0 Å². The molecule has 18 heavy (non-hydrogen) atoms. The number of hydrogen-bond acceptors (Lipinski definition) is 2. The molecular weight excluding hydrogens is 220 g/mol. The van der Waals surface area contributed by atoms with Gasteiger partial charge in [-0.15, -0.1) is 0 Å². The second-order valence-electron chi connectivity index (χ2n) is 5.71. The second kappa shape index (κ2) is 5.15. The first-order valence-electron chi connectivity index (χ1n) is 6.83. The molecule has 1 aromatic rings. The van der Waals surface area contributed by atoms with Crippen LogP contribution in [0, 0.1) is 0 Å². The summed E-state index contributed by atoms with van der Waals surface area (Å²) in [6, 6.07) is 6.52. The lowest BCUT2D eigenvalue weighted by molar-refractivity contribution is 0.554. The summed E-state index contributed by atoms with van der Waals surface area (Å²) in [5.41, 5.74) is 11.1. The zero-order valence-electron chi connectivity index (χ0n) is 11.7. The van der Waals surface area contributed by atoms with Gasteiger partial charge in [0.1, 0.15) is 0 Å². The number of rotatable bonds is 3. The molecule has 2 nitrogen and oxygen atoms in total. The van der Waals surface area contributed by atoms with Crippen LogP contribution in [0.2, 0.25) is 0 Å². The molecule has 0 aromatic heterocycles. The van der Waals surface area contributed by atoms with Crippen LogP contribution in [-0.2, 0) is 5.54 Å². The number of nitrogens with two attached hydrogens (primary N) is 1. The zero-order valence-corrected chi connectivity index (χ0v) is 11.7. The van der Waals surface area contributed by atoms with E-state index in [2.05, 4.69) is 43.4 Å². The molecule has 1 aliphatic rings. The summed E-state index contributed by atoms with van der Waals surface area (Å²) in [5.74, 6) is 0. The van der Waals surface area contributed by atoms with Crippen molar-refractivity contribution in [3.8, 4) is 0 Å². The average Bonchev–Trinajstić information content (AvgIpc) is 2.38. The van der Waals surface area contributed by atoms with E-state index >= 15 is 0 Å². The second-order valence-corrected chi connectivity index (χ2v) is 5.71. The topological polar surface area (TPSA) is 38.0 Å². The maximum atomic E-state index is 6.21. The fourth-order valence-corrected chi connectivity index (χ4v) is 2.51. The third-order valence-corrected chi connectivity index (χ3v) is 3.67. The molecular formula is C16H24N2. The Morgan fingerprint density at radius 2 is 2.00 bits per heavy atom. The van der Waals surface area contributed by atoms with E-state index in [1.54, 1.807) is 0 Å². The minimum Gasteiger partial charge on any atom is -0.388 e.